The van der Waals surface area contributed by atoms with Crippen LogP contribution in [-0.4, -0.2) is 45.6 Å². The van der Waals surface area contributed by atoms with Crippen LogP contribution < -0.4 is 11.2 Å². The summed E-state index contributed by atoms with van der Waals surface area (Å²) in [5, 5.41) is 9.43. The largest absolute Gasteiger partial charge is 0.453 e. The SMILES string of the molecule is O=C(OC1C(F)[C@H](n2cc(Br)c(=O)[nH]c2=O)O[C@@H]1CO)c1ccccc1. The van der Waals surface area contributed by atoms with Gasteiger partial charge in [-0.15, -0.1) is 0 Å². The molecule has 0 radical (unpaired) electrons. The Labute approximate surface area is 154 Å². The van der Waals surface area contributed by atoms with Crippen molar-refractivity contribution in [3.63, 3.8) is 0 Å². The molecule has 0 bridgehead atoms. The smallest absolute Gasteiger partial charge is 0.338 e. The highest BCUT2D eigenvalue weighted by atomic mass is 79.9. The number of esters is 1. The molecule has 2 aromatic rings. The summed E-state index contributed by atoms with van der Waals surface area (Å²) in [6.45, 7) is -0.622. The molecule has 1 aromatic carbocycles. The number of aromatic amines is 1. The number of carbonyl (C=O) groups is 1. The second-order valence-corrected chi connectivity index (χ2v) is 6.43. The molecule has 1 aliphatic heterocycles. The van der Waals surface area contributed by atoms with Gasteiger partial charge in [0.15, 0.2) is 18.5 Å². The van der Waals surface area contributed by atoms with Gasteiger partial charge in [-0.25, -0.2) is 14.0 Å². The van der Waals surface area contributed by atoms with Crippen molar-refractivity contribution in [1.82, 2.24) is 9.55 Å². The quantitative estimate of drug-likeness (QED) is 0.695. The Hall–Kier alpha value is -2.30. The summed E-state index contributed by atoms with van der Waals surface area (Å²) in [5.41, 5.74) is -1.35. The normalized spacial score (nSPS) is 25.2. The predicted octanol–water partition coefficient (Wildman–Crippen LogP) is 0.753. The highest BCUT2D eigenvalue weighted by Gasteiger charge is 2.48. The first-order valence-electron chi connectivity index (χ1n) is 7.59. The molecule has 138 valence electrons. The number of hydrogen-bond acceptors (Lipinski definition) is 6. The highest BCUT2D eigenvalue weighted by Crippen LogP contribution is 2.33. The van der Waals surface area contributed by atoms with Gasteiger partial charge in [0.05, 0.1) is 16.6 Å². The van der Waals surface area contributed by atoms with E-state index in [4.69, 9.17) is 9.47 Å². The molecule has 1 aliphatic rings. The number of hydrogen-bond donors (Lipinski definition) is 2. The number of aliphatic hydroxyl groups excluding tert-OH is 1. The molecule has 2 unspecified atom stereocenters. The van der Waals surface area contributed by atoms with Crippen molar-refractivity contribution in [1.29, 1.82) is 0 Å². The standard InChI is InChI=1S/C16H14BrFN2O6/c17-9-6-20(16(24)19-13(9)22)14-11(18)12(10(7-21)25-14)26-15(23)8-4-2-1-3-5-8/h1-6,10-12,14,21H,7H2,(H,19,22,24)/t10-,11?,12?,14-/m1/s1. The van der Waals surface area contributed by atoms with Crippen LogP contribution in [0, 0.1) is 0 Å². The van der Waals surface area contributed by atoms with Gasteiger partial charge in [0.1, 0.15) is 6.10 Å². The number of alkyl halides is 1. The second-order valence-electron chi connectivity index (χ2n) is 5.57. The number of rotatable bonds is 4. The lowest BCUT2D eigenvalue weighted by molar-refractivity contribution is -0.0534. The molecule has 0 amide bonds. The van der Waals surface area contributed by atoms with Crippen LogP contribution in [0.2, 0.25) is 0 Å². The number of nitrogens with zero attached hydrogens (tertiary/aromatic N) is 1. The Balaban J connectivity index is 1.87. The molecule has 2 heterocycles. The Morgan fingerprint density at radius 1 is 1.35 bits per heavy atom. The number of carbonyl (C=O) groups excluding carboxylic acids is 1. The van der Waals surface area contributed by atoms with Crippen molar-refractivity contribution >= 4 is 21.9 Å². The van der Waals surface area contributed by atoms with Gasteiger partial charge in [0.2, 0.25) is 0 Å². The molecule has 26 heavy (non-hydrogen) atoms. The summed E-state index contributed by atoms with van der Waals surface area (Å²) in [4.78, 5) is 37.5. The predicted molar refractivity (Wildman–Crippen MR) is 90.6 cm³/mol. The molecule has 0 saturated carbocycles. The van der Waals surface area contributed by atoms with Gasteiger partial charge in [-0.3, -0.25) is 14.3 Å². The number of aliphatic hydroxyl groups is 1. The van der Waals surface area contributed by atoms with E-state index in [9.17, 15) is 23.9 Å². The zero-order chi connectivity index (χ0) is 18.8. The summed E-state index contributed by atoms with van der Waals surface area (Å²) < 4.78 is 26.2. The van der Waals surface area contributed by atoms with Gasteiger partial charge in [0, 0.05) is 6.20 Å². The first kappa shape index (κ1) is 18.5. The average Bonchev–Trinajstić information content (AvgIpc) is 2.94. The number of ether oxygens (including phenoxy) is 2. The van der Waals surface area contributed by atoms with Crippen LogP contribution >= 0.6 is 15.9 Å². The van der Waals surface area contributed by atoms with Gasteiger partial charge < -0.3 is 14.6 Å². The number of H-pyrrole nitrogens is 1. The van der Waals surface area contributed by atoms with Crippen LogP contribution in [0.15, 0.2) is 50.6 Å². The van der Waals surface area contributed by atoms with E-state index in [2.05, 4.69) is 15.9 Å². The van der Waals surface area contributed by atoms with E-state index in [1.54, 1.807) is 18.2 Å². The Morgan fingerprint density at radius 2 is 2.04 bits per heavy atom. The van der Waals surface area contributed by atoms with Gasteiger partial charge in [-0.1, -0.05) is 18.2 Å². The molecule has 2 N–H and O–H groups in total. The lowest BCUT2D eigenvalue weighted by Crippen LogP contribution is -2.38. The van der Waals surface area contributed by atoms with Crippen LogP contribution in [0.5, 0.6) is 0 Å². The molecule has 0 aliphatic carbocycles. The number of nitrogens with one attached hydrogen (secondary N) is 1. The van der Waals surface area contributed by atoms with Crippen molar-refractivity contribution in [3.8, 4) is 0 Å². The van der Waals surface area contributed by atoms with E-state index in [1.807, 2.05) is 4.98 Å². The number of benzene rings is 1. The molecular weight excluding hydrogens is 415 g/mol. The zero-order valence-electron chi connectivity index (χ0n) is 13.2. The number of halogens is 2. The van der Waals surface area contributed by atoms with Crippen molar-refractivity contribution in [2.45, 2.75) is 24.6 Å². The molecule has 4 atom stereocenters. The molecular formula is C16H14BrFN2O6. The lowest BCUT2D eigenvalue weighted by Gasteiger charge is -2.18. The van der Waals surface area contributed by atoms with Crippen LogP contribution in [0.4, 0.5) is 4.39 Å². The third kappa shape index (κ3) is 3.48. The maximum absolute atomic E-state index is 14.9. The van der Waals surface area contributed by atoms with Gasteiger partial charge in [0.25, 0.3) is 5.56 Å². The molecule has 0 spiro atoms. The Morgan fingerprint density at radius 3 is 2.69 bits per heavy atom. The van der Waals surface area contributed by atoms with E-state index < -0.39 is 48.4 Å². The third-order valence-corrected chi connectivity index (χ3v) is 4.46. The maximum atomic E-state index is 14.9. The van der Waals surface area contributed by atoms with Gasteiger partial charge >= 0.3 is 11.7 Å². The van der Waals surface area contributed by atoms with E-state index in [-0.39, 0.29) is 10.0 Å². The molecule has 1 saturated heterocycles. The fraction of sp³-hybridized carbons (Fsp3) is 0.312. The minimum Gasteiger partial charge on any atom is -0.453 e. The summed E-state index contributed by atoms with van der Waals surface area (Å²) in [6, 6.07) is 7.96. The monoisotopic (exact) mass is 428 g/mol. The minimum atomic E-state index is -1.93. The second kappa shape index (κ2) is 7.52. The van der Waals surface area contributed by atoms with Crippen molar-refractivity contribution in [2.75, 3.05) is 6.61 Å². The molecule has 3 rings (SSSR count). The maximum Gasteiger partial charge on any atom is 0.338 e. The summed E-state index contributed by atoms with van der Waals surface area (Å²) in [5.74, 6) is -0.782. The summed E-state index contributed by atoms with van der Waals surface area (Å²) in [6.07, 6.45) is -4.92. The summed E-state index contributed by atoms with van der Waals surface area (Å²) in [7, 11) is 0. The lowest BCUT2D eigenvalue weighted by atomic mass is 10.1. The van der Waals surface area contributed by atoms with Crippen LogP contribution in [-0.2, 0) is 9.47 Å². The highest BCUT2D eigenvalue weighted by molar-refractivity contribution is 9.10. The number of aromatic nitrogens is 2. The first-order chi connectivity index (χ1) is 12.4. The topological polar surface area (TPSA) is 111 Å². The van der Waals surface area contributed by atoms with Crippen LogP contribution in [0.25, 0.3) is 0 Å². The van der Waals surface area contributed by atoms with Crippen LogP contribution in [0.1, 0.15) is 16.6 Å². The van der Waals surface area contributed by atoms with Crippen molar-refractivity contribution in [2.24, 2.45) is 0 Å². The molecule has 8 nitrogen and oxygen atoms in total. The van der Waals surface area contributed by atoms with Gasteiger partial charge in [-0.05, 0) is 28.1 Å². The van der Waals surface area contributed by atoms with E-state index in [1.165, 1.54) is 12.1 Å². The Bertz CT molecular complexity index is 915. The van der Waals surface area contributed by atoms with Crippen molar-refractivity contribution in [3.05, 3.63) is 67.4 Å². The first-order valence-corrected chi connectivity index (χ1v) is 8.39. The zero-order valence-corrected chi connectivity index (χ0v) is 14.8. The Kier molecular flexibility index (Phi) is 5.35. The van der Waals surface area contributed by atoms with Crippen molar-refractivity contribution < 1.29 is 23.8 Å². The molecule has 1 aromatic heterocycles. The summed E-state index contributed by atoms with van der Waals surface area (Å²) >= 11 is 2.95. The van der Waals surface area contributed by atoms with E-state index in [0.29, 0.717) is 0 Å². The van der Waals surface area contributed by atoms with E-state index >= 15 is 0 Å². The van der Waals surface area contributed by atoms with Crippen LogP contribution in [0.3, 0.4) is 0 Å². The van der Waals surface area contributed by atoms with Gasteiger partial charge in [-0.2, -0.15) is 0 Å². The fourth-order valence-electron chi connectivity index (χ4n) is 2.62. The minimum absolute atomic E-state index is 0.00169. The molecule has 1 fully saturated rings. The van der Waals surface area contributed by atoms with E-state index in [0.717, 1.165) is 10.8 Å². The fourth-order valence-corrected chi connectivity index (χ4v) is 2.94. The third-order valence-electron chi connectivity index (χ3n) is 3.90. The molecule has 10 heteroatoms. The average molecular weight is 429 g/mol.